The third kappa shape index (κ3) is 3.31. The van der Waals surface area contributed by atoms with Gasteiger partial charge in [-0.25, -0.2) is 14.5 Å². The summed E-state index contributed by atoms with van der Waals surface area (Å²) in [5.74, 6) is 0.578. The van der Waals surface area contributed by atoms with Gasteiger partial charge in [0.1, 0.15) is 24.2 Å². The molecule has 0 radical (unpaired) electrons. The average Bonchev–Trinajstić information content (AvgIpc) is 2.93. The first kappa shape index (κ1) is 14.8. The van der Waals surface area contributed by atoms with Crippen LogP contribution in [0.15, 0.2) is 24.5 Å². The van der Waals surface area contributed by atoms with Crippen LogP contribution in [-0.4, -0.2) is 27.8 Å². The zero-order valence-electron chi connectivity index (χ0n) is 12.2. The van der Waals surface area contributed by atoms with Crippen LogP contribution in [0.3, 0.4) is 0 Å². The number of aromatic nitrogens is 3. The number of anilines is 1. The first-order valence-electron chi connectivity index (χ1n) is 6.52. The maximum Gasteiger partial charge on any atom is 0.341 e. The van der Waals surface area contributed by atoms with Crippen molar-refractivity contribution in [3.05, 3.63) is 35.9 Å². The molecule has 0 aliphatic carbocycles. The van der Waals surface area contributed by atoms with Crippen molar-refractivity contribution in [3.63, 3.8) is 0 Å². The normalized spacial score (nSPS) is 10.7. The van der Waals surface area contributed by atoms with E-state index in [0.29, 0.717) is 17.3 Å². The van der Waals surface area contributed by atoms with Crippen LogP contribution < -0.4 is 10.5 Å². The molecule has 21 heavy (non-hydrogen) atoms. The second kappa shape index (κ2) is 6.25. The molecule has 0 spiro atoms. The monoisotopic (exact) mass is 290 g/mol. The number of nitrogens with zero attached hydrogens (tertiary/aromatic N) is 3. The summed E-state index contributed by atoms with van der Waals surface area (Å²) in [7, 11) is 1.31. The van der Waals surface area contributed by atoms with Crippen molar-refractivity contribution in [1.29, 1.82) is 0 Å². The lowest BCUT2D eigenvalue weighted by atomic mass is 10.2. The molecule has 0 fully saturated rings. The van der Waals surface area contributed by atoms with E-state index in [-0.39, 0.29) is 18.2 Å². The number of esters is 1. The fourth-order valence-corrected chi connectivity index (χ4v) is 1.89. The minimum Gasteiger partial charge on any atom is -0.485 e. The van der Waals surface area contributed by atoms with Gasteiger partial charge in [0.15, 0.2) is 5.82 Å². The Morgan fingerprint density at radius 2 is 2.19 bits per heavy atom. The van der Waals surface area contributed by atoms with Gasteiger partial charge >= 0.3 is 5.97 Å². The number of nitrogen functional groups attached to an aromatic ring is 1. The quantitative estimate of drug-likeness (QED) is 0.667. The third-order valence-electron chi connectivity index (χ3n) is 2.90. The van der Waals surface area contributed by atoms with Crippen LogP contribution in [0.25, 0.3) is 0 Å². The number of carbonyl (C=O) groups is 1. The topological polar surface area (TPSA) is 92.3 Å². The number of benzene rings is 1. The van der Waals surface area contributed by atoms with Crippen molar-refractivity contribution in [2.24, 2.45) is 0 Å². The number of rotatable bonds is 5. The van der Waals surface area contributed by atoms with Crippen LogP contribution in [-0.2, 0) is 11.3 Å². The smallest absolute Gasteiger partial charge is 0.341 e. The third-order valence-corrected chi connectivity index (χ3v) is 2.90. The molecule has 0 saturated heterocycles. The molecule has 2 rings (SSSR count). The highest BCUT2D eigenvalue weighted by molar-refractivity contribution is 5.93. The minimum absolute atomic E-state index is 0.178. The fraction of sp³-hybridized carbons (Fsp3) is 0.357. The molecule has 7 nitrogen and oxygen atoms in total. The van der Waals surface area contributed by atoms with Gasteiger partial charge in [-0.05, 0) is 32.0 Å². The summed E-state index contributed by atoms with van der Waals surface area (Å²) in [6, 6.07) is 5.00. The van der Waals surface area contributed by atoms with E-state index in [1.807, 2.05) is 13.8 Å². The van der Waals surface area contributed by atoms with Gasteiger partial charge in [-0.15, -0.1) is 0 Å². The maximum absolute atomic E-state index is 11.7. The molecule has 0 amide bonds. The largest absolute Gasteiger partial charge is 0.485 e. The second-order valence-corrected chi connectivity index (χ2v) is 4.75. The molecule has 0 aliphatic rings. The van der Waals surface area contributed by atoms with Gasteiger partial charge in [0.05, 0.1) is 7.11 Å². The van der Waals surface area contributed by atoms with E-state index in [9.17, 15) is 4.79 Å². The highest BCUT2D eigenvalue weighted by Gasteiger charge is 2.15. The van der Waals surface area contributed by atoms with E-state index >= 15 is 0 Å². The van der Waals surface area contributed by atoms with Gasteiger partial charge in [0, 0.05) is 11.7 Å². The lowest BCUT2D eigenvalue weighted by Crippen LogP contribution is -2.12. The molecular weight excluding hydrogens is 272 g/mol. The van der Waals surface area contributed by atoms with Gasteiger partial charge in [0.2, 0.25) is 0 Å². The van der Waals surface area contributed by atoms with Gasteiger partial charge < -0.3 is 15.2 Å². The highest BCUT2D eigenvalue weighted by atomic mass is 16.5. The molecule has 1 heterocycles. The lowest BCUT2D eigenvalue weighted by Gasteiger charge is -2.12. The van der Waals surface area contributed by atoms with E-state index in [0.717, 1.165) is 0 Å². The Bertz CT molecular complexity index is 637. The Balaban J connectivity index is 2.20. The summed E-state index contributed by atoms with van der Waals surface area (Å²) < 4.78 is 12.2. The lowest BCUT2D eigenvalue weighted by molar-refractivity contribution is 0.0595. The Labute approximate surface area is 122 Å². The zero-order chi connectivity index (χ0) is 15.4. The summed E-state index contributed by atoms with van der Waals surface area (Å²) in [5, 5.41) is 4.13. The van der Waals surface area contributed by atoms with Crippen molar-refractivity contribution >= 4 is 11.7 Å². The Hall–Kier alpha value is -2.57. The Kier molecular flexibility index (Phi) is 4.42. The second-order valence-electron chi connectivity index (χ2n) is 4.75. The van der Waals surface area contributed by atoms with Gasteiger partial charge in [-0.3, -0.25) is 0 Å². The van der Waals surface area contributed by atoms with Crippen molar-refractivity contribution < 1.29 is 14.3 Å². The molecule has 1 aromatic heterocycles. The van der Waals surface area contributed by atoms with Gasteiger partial charge in [-0.2, -0.15) is 5.10 Å². The van der Waals surface area contributed by atoms with E-state index in [2.05, 4.69) is 10.1 Å². The number of ether oxygens (including phenoxy) is 2. The highest BCUT2D eigenvalue weighted by Crippen LogP contribution is 2.23. The molecule has 112 valence electrons. The number of hydrogen-bond donors (Lipinski definition) is 1. The van der Waals surface area contributed by atoms with Crippen LogP contribution >= 0.6 is 0 Å². The van der Waals surface area contributed by atoms with Crippen molar-refractivity contribution in [2.45, 2.75) is 26.5 Å². The standard InChI is InChI=1S/C14H18N4O3/c1-9(2)18-13(16-8-17-18)7-21-12-5-4-10(15)6-11(12)14(19)20-3/h4-6,8-9H,7,15H2,1-3H3. The van der Waals surface area contributed by atoms with Crippen LogP contribution in [0.2, 0.25) is 0 Å². The molecule has 2 aromatic rings. The molecule has 7 heteroatoms. The van der Waals surface area contributed by atoms with Crippen molar-refractivity contribution in [1.82, 2.24) is 14.8 Å². The number of carbonyl (C=O) groups excluding carboxylic acids is 1. The average molecular weight is 290 g/mol. The van der Waals surface area contributed by atoms with Gasteiger partial charge in [-0.1, -0.05) is 0 Å². The first-order chi connectivity index (χ1) is 10.0. The molecular formula is C14H18N4O3. The van der Waals surface area contributed by atoms with Crippen LogP contribution in [0.4, 0.5) is 5.69 Å². The zero-order valence-corrected chi connectivity index (χ0v) is 12.2. The molecule has 0 aliphatic heterocycles. The van der Waals surface area contributed by atoms with Gasteiger partial charge in [0.25, 0.3) is 0 Å². The Morgan fingerprint density at radius 1 is 1.43 bits per heavy atom. The molecule has 2 N–H and O–H groups in total. The number of hydrogen-bond acceptors (Lipinski definition) is 6. The molecule has 0 unspecified atom stereocenters. The van der Waals surface area contributed by atoms with Crippen LogP contribution in [0.5, 0.6) is 5.75 Å². The molecule has 1 aromatic carbocycles. The SMILES string of the molecule is COC(=O)c1cc(N)ccc1OCc1ncnn1C(C)C. The number of nitrogens with two attached hydrogens (primary N) is 1. The first-order valence-corrected chi connectivity index (χ1v) is 6.52. The molecule has 0 atom stereocenters. The van der Waals surface area contributed by atoms with Crippen molar-refractivity contribution in [2.75, 3.05) is 12.8 Å². The minimum atomic E-state index is -0.498. The van der Waals surface area contributed by atoms with E-state index in [4.69, 9.17) is 15.2 Å². The van der Waals surface area contributed by atoms with Crippen molar-refractivity contribution in [3.8, 4) is 5.75 Å². The van der Waals surface area contributed by atoms with E-state index < -0.39 is 5.97 Å². The predicted octanol–water partition coefficient (Wildman–Crippen LogP) is 1.81. The van der Waals surface area contributed by atoms with Crippen LogP contribution in [0.1, 0.15) is 36.1 Å². The summed E-state index contributed by atoms with van der Waals surface area (Å²) in [4.78, 5) is 15.9. The van der Waals surface area contributed by atoms with Crippen LogP contribution in [0, 0.1) is 0 Å². The molecule has 0 bridgehead atoms. The van der Waals surface area contributed by atoms with E-state index in [1.54, 1.807) is 16.8 Å². The summed E-state index contributed by atoms with van der Waals surface area (Å²) in [6.07, 6.45) is 1.48. The number of methoxy groups -OCH3 is 1. The summed E-state index contributed by atoms with van der Waals surface area (Å²) in [6.45, 7) is 4.20. The Morgan fingerprint density at radius 3 is 2.86 bits per heavy atom. The summed E-state index contributed by atoms with van der Waals surface area (Å²) >= 11 is 0. The molecule has 0 saturated carbocycles. The maximum atomic E-state index is 11.7. The van der Waals surface area contributed by atoms with E-state index in [1.165, 1.54) is 19.5 Å². The fourth-order valence-electron chi connectivity index (χ4n) is 1.89. The predicted molar refractivity (Wildman–Crippen MR) is 76.9 cm³/mol. The summed E-state index contributed by atoms with van der Waals surface area (Å²) in [5.41, 5.74) is 6.44.